The molecular weight excluding hydrogens is 423 g/mol. The number of anilines is 2. The molecule has 31 heavy (non-hydrogen) atoms. The Morgan fingerprint density at radius 3 is 2.71 bits per heavy atom. The third-order valence-corrected chi connectivity index (χ3v) is 4.46. The Morgan fingerprint density at radius 2 is 1.97 bits per heavy atom. The van der Waals surface area contributed by atoms with E-state index >= 15 is 0 Å². The summed E-state index contributed by atoms with van der Waals surface area (Å²) in [7, 11) is 0. The van der Waals surface area contributed by atoms with Crippen LogP contribution in [0.5, 0.6) is 0 Å². The number of hydrogen-bond acceptors (Lipinski definition) is 6. The molecule has 0 unspecified atom stereocenters. The van der Waals surface area contributed by atoms with Crippen molar-refractivity contribution in [2.45, 2.75) is 0 Å². The zero-order valence-electron chi connectivity index (χ0n) is 15.8. The summed E-state index contributed by atoms with van der Waals surface area (Å²) < 4.78 is 13.4. The van der Waals surface area contributed by atoms with Gasteiger partial charge in [0.25, 0.3) is 0 Å². The molecule has 0 saturated carbocycles. The molecule has 0 spiro atoms. The van der Waals surface area contributed by atoms with Gasteiger partial charge >= 0.3 is 5.97 Å². The molecule has 2 aromatic heterocycles. The number of halogens is 2. The maximum atomic E-state index is 13.4. The van der Waals surface area contributed by atoms with Crippen LogP contribution in [0.15, 0.2) is 67.1 Å². The maximum absolute atomic E-state index is 13.4. The molecule has 0 amide bonds. The molecule has 10 heteroatoms. The molecule has 2 aromatic carbocycles. The standard InChI is InChI=1S/C21H14ClFN6O2/c22-17-11-15(5-6-18(17)23)27-21-24-12-16(20(28-21)29-25-8-9-26-29)14-3-1-2-13(10-14)4-7-19(30)31/h1-12H,(H,30,31)(H,24,27,28). The molecule has 154 valence electrons. The predicted octanol–water partition coefficient (Wildman–Crippen LogP) is 4.36. The van der Waals surface area contributed by atoms with Crippen LogP contribution in [0.25, 0.3) is 23.0 Å². The van der Waals surface area contributed by atoms with Gasteiger partial charge in [-0.3, -0.25) is 0 Å². The van der Waals surface area contributed by atoms with E-state index in [4.69, 9.17) is 16.7 Å². The first-order valence-corrected chi connectivity index (χ1v) is 9.34. The van der Waals surface area contributed by atoms with Gasteiger partial charge in [0.2, 0.25) is 5.95 Å². The van der Waals surface area contributed by atoms with Crippen molar-refractivity contribution in [2.24, 2.45) is 0 Å². The summed E-state index contributed by atoms with van der Waals surface area (Å²) in [5, 5.41) is 20.1. The van der Waals surface area contributed by atoms with E-state index in [1.165, 1.54) is 41.5 Å². The largest absolute Gasteiger partial charge is 0.478 e. The Bertz CT molecular complexity index is 1280. The number of carbonyl (C=O) groups is 1. The maximum Gasteiger partial charge on any atom is 0.328 e. The smallest absolute Gasteiger partial charge is 0.328 e. The van der Waals surface area contributed by atoms with E-state index in [1.54, 1.807) is 24.4 Å². The summed E-state index contributed by atoms with van der Waals surface area (Å²) in [6.07, 6.45) is 7.19. The molecule has 0 bridgehead atoms. The molecule has 2 N–H and O–H groups in total. The van der Waals surface area contributed by atoms with Crippen LogP contribution in [0, 0.1) is 5.82 Å². The molecule has 8 nitrogen and oxygen atoms in total. The van der Waals surface area contributed by atoms with Crippen LogP contribution in [0.4, 0.5) is 16.0 Å². The molecule has 0 saturated heterocycles. The quantitative estimate of drug-likeness (QED) is 0.432. The van der Waals surface area contributed by atoms with Gasteiger partial charge in [0, 0.05) is 23.5 Å². The minimum absolute atomic E-state index is 0.0261. The fourth-order valence-electron chi connectivity index (χ4n) is 2.79. The average Bonchev–Trinajstić information content (AvgIpc) is 3.30. The number of nitrogens with zero attached hydrogens (tertiary/aromatic N) is 5. The van der Waals surface area contributed by atoms with Crippen molar-refractivity contribution >= 4 is 35.3 Å². The fraction of sp³-hybridized carbons (Fsp3) is 0. The molecule has 0 atom stereocenters. The molecule has 2 heterocycles. The lowest BCUT2D eigenvalue weighted by molar-refractivity contribution is -0.131. The van der Waals surface area contributed by atoms with Crippen LogP contribution in [0.2, 0.25) is 5.02 Å². The highest BCUT2D eigenvalue weighted by molar-refractivity contribution is 6.31. The highest BCUT2D eigenvalue weighted by Gasteiger charge is 2.14. The van der Waals surface area contributed by atoms with E-state index in [0.29, 0.717) is 22.6 Å². The van der Waals surface area contributed by atoms with Crippen molar-refractivity contribution in [3.63, 3.8) is 0 Å². The van der Waals surface area contributed by atoms with Gasteiger partial charge in [0.15, 0.2) is 5.82 Å². The Morgan fingerprint density at radius 1 is 1.16 bits per heavy atom. The Labute approximate surface area is 180 Å². The number of benzene rings is 2. The van der Waals surface area contributed by atoms with E-state index in [-0.39, 0.29) is 11.0 Å². The first kappa shape index (κ1) is 20.2. The van der Waals surface area contributed by atoms with Crippen molar-refractivity contribution < 1.29 is 14.3 Å². The minimum atomic E-state index is -1.04. The van der Waals surface area contributed by atoms with Gasteiger partial charge in [0.1, 0.15) is 5.82 Å². The van der Waals surface area contributed by atoms with Gasteiger partial charge in [-0.15, -0.1) is 4.80 Å². The molecule has 0 aliphatic carbocycles. The van der Waals surface area contributed by atoms with Crippen LogP contribution in [-0.2, 0) is 4.79 Å². The SMILES string of the molecule is O=C(O)C=Cc1cccc(-c2cnc(Nc3ccc(F)c(Cl)c3)nc2-n2nccn2)c1. The molecular formula is C21H14ClFN6O2. The number of hydrogen-bond donors (Lipinski definition) is 2. The fourth-order valence-corrected chi connectivity index (χ4v) is 2.98. The van der Waals surface area contributed by atoms with Crippen molar-refractivity contribution in [2.75, 3.05) is 5.32 Å². The van der Waals surface area contributed by atoms with Crippen molar-refractivity contribution in [1.29, 1.82) is 0 Å². The average molecular weight is 437 g/mol. The summed E-state index contributed by atoms with van der Waals surface area (Å²) >= 11 is 5.84. The summed E-state index contributed by atoms with van der Waals surface area (Å²) in [6, 6.07) is 11.4. The van der Waals surface area contributed by atoms with Crippen LogP contribution in [0.3, 0.4) is 0 Å². The lowest BCUT2D eigenvalue weighted by Gasteiger charge is -2.11. The monoisotopic (exact) mass is 436 g/mol. The summed E-state index contributed by atoms with van der Waals surface area (Å²) in [4.78, 5) is 21.0. The van der Waals surface area contributed by atoms with Crippen LogP contribution in [0.1, 0.15) is 5.56 Å². The van der Waals surface area contributed by atoms with E-state index in [2.05, 4.69) is 25.5 Å². The van der Waals surface area contributed by atoms with E-state index < -0.39 is 11.8 Å². The topological polar surface area (TPSA) is 106 Å². The van der Waals surface area contributed by atoms with Crippen LogP contribution >= 0.6 is 11.6 Å². The Kier molecular flexibility index (Phi) is 5.67. The van der Waals surface area contributed by atoms with Crippen molar-refractivity contribution in [3.05, 3.63) is 83.5 Å². The molecule has 0 aliphatic heterocycles. The first-order chi connectivity index (χ1) is 15.0. The zero-order valence-corrected chi connectivity index (χ0v) is 16.5. The highest BCUT2D eigenvalue weighted by atomic mass is 35.5. The van der Waals surface area contributed by atoms with Gasteiger partial charge in [-0.25, -0.2) is 14.2 Å². The number of carboxylic acids is 1. The predicted molar refractivity (Wildman–Crippen MR) is 114 cm³/mol. The number of aliphatic carboxylic acids is 1. The van der Waals surface area contributed by atoms with Crippen LogP contribution in [-0.4, -0.2) is 36.0 Å². The van der Waals surface area contributed by atoms with Gasteiger partial charge in [0.05, 0.1) is 17.4 Å². The summed E-state index contributed by atoms with van der Waals surface area (Å²) in [5.41, 5.74) is 2.59. The summed E-state index contributed by atoms with van der Waals surface area (Å²) in [6.45, 7) is 0. The Balaban J connectivity index is 1.74. The zero-order chi connectivity index (χ0) is 21.8. The van der Waals surface area contributed by atoms with Gasteiger partial charge in [-0.1, -0.05) is 29.8 Å². The lowest BCUT2D eigenvalue weighted by Crippen LogP contribution is -2.08. The van der Waals surface area contributed by atoms with E-state index in [1.807, 2.05) is 6.07 Å². The molecule has 0 radical (unpaired) electrons. The van der Waals surface area contributed by atoms with Crippen LogP contribution < -0.4 is 5.32 Å². The summed E-state index contributed by atoms with van der Waals surface area (Å²) in [5.74, 6) is -0.927. The normalized spacial score (nSPS) is 11.0. The Hall–Kier alpha value is -4.11. The second-order valence-corrected chi connectivity index (χ2v) is 6.71. The molecule has 0 aliphatic rings. The van der Waals surface area contributed by atoms with Crippen molar-refractivity contribution in [3.8, 4) is 16.9 Å². The number of nitrogens with one attached hydrogen (secondary N) is 1. The van der Waals surface area contributed by atoms with Gasteiger partial charge in [-0.2, -0.15) is 15.2 Å². The number of rotatable bonds is 6. The number of aromatic nitrogens is 5. The van der Waals surface area contributed by atoms with Gasteiger partial charge in [-0.05, 0) is 41.5 Å². The number of carboxylic acid groups (broad SMARTS) is 1. The lowest BCUT2D eigenvalue weighted by atomic mass is 10.0. The minimum Gasteiger partial charge on any atom is -0.478 e. The van der Waals surface area contributed by atoms with E-state index in [0.717, 1.165) is 11.6 Å². The molecule has 4 aromatic rings. The second kappa shape index (κ2) is 8.72. The van der Waals surface area contributed by atoms with Gasteiger partial charge < -0.3 is 10.4 Å². The highest BCUT2D eigenvalue weighted by Crippen LogP contribution is 2.27. The van der Waals surface area contributed by atoms with E-state index in [9.17, 15) is 9.18 Å². The molecule has 0 fully saturated rings. The third-order valence-electron chi connectivity index (χ3n) is 4.17. The third kappa shape index (κ3) is 4.73. The second-order valence-electron chi connectivity index (χ2n) is 6.30. The first-order valence-electron chi connectivity index (χ1n) is 8.97. The molecule has 4 rings (SSSR count). The van der Waals surface area contributed by atoms with Crippen molar-refractivity contribution in [1.82, 2.24) is 25.0 Å².